The minimum atomic E-state index is -0.130. The predicted octanol–water partition coefficient (Wildman–Crippen LogP) is 15.6. The Morgan fingerprint density at radius 1 is 0.547 bits per heavy atom. The second-order valence-electron chi connectivity index (χ2n) is 22.3. The van der Waals surface area contributed by atoms with Crippen molar-refractivity contribution in [3.8, 4) is 10.4 Å². The van der Waals surface area contributed by atoms with E-state index in [1.165, 1.54) is 110 Å². The quantitative estimate of drug-likeness (QED) is 0.164. The molecule has 2 aromatic heterocycles. The van der Waals surface area contributed by atoms with E-state index in [0.29, 0.717) is 5.92 Å². The molecule has 324 valence electrons. The van der Waals surface area contributed by atoms with E-state index in [9.17, 15) is 0 Å². The van der Waals surface area contributed by atoms with Crippen LogP contribution in [-0.2, 0) is 16.2 Å². The van der Waals surface area contributed by atoms with E-state index < -0.39 is 0 Å². The summed E-state index contributed by atoms with van der Waals surface area (Å²) in [6.07, 6.45) is 0. The van der Waals surface area contributed by atoms with E-state index in [2.05, 4.69) is 217 Å². The third kappa shape index (κ3) is 6.67. The second kappa shape index (κ2) is 14.5. The molecule has 3 nitrogen and oxygen atoms in total. The molecular weight excluding hydrogens is 796 g/mol. The Bertz CT molecular complexity index is 3130. The van der Waals surface area contributed by atoms with Gasteiger partial charge in [-0.05, 0) is 159 Å². The summed E-state index contributed by atoms with van der Waals surface area (Å²) in [7, 11) is 0. The highest BCUT2D eigenvalue weighted by Gasteiger charge is 2.48. The molecule has 2 aliphatic rings. The summed E-state index contributed by atoms with van der Waals surface area (Å²) in [5.41, 5.74) is 23.5. The van der Waals surface area contributed by atoms with Gasteiger partial charge in [-0.25, -0.2) is 0 Å². The zero-order valence-electron chi connectivity index (χ0n) is 40.7. The van der Waals surface area contributed by atoms with Crippen LogP contribution in [0.25, 0.3) is 31.5 Å². The van der Waals surface area contributed by atoms with Crippen LogP contribution in [0, 0.1) is 27.7 Å². The molecule has 0 saturated carbocycles. The van der Waals surface area contributed by atoms with Crippen molar-refractivity contribution in [2.75, 3.05) is 9.80 Å². The molecule has 0 bridgehead atoms. The van der Waals surface area contributed by atoms with Crippen molar-refractivity contribution in [2.45, 2.75) is 126 Å². The molecule has 0 radical (unpaired) electrons. The Labute approximate surface area is 386 Å². The topological polar surface area (TPSA) is 19.6 Å². The number of rotatable bonds is 4. The lowest BCUT2D eigenvalue weighted by molar-refractivity contribution is 0.589. The summed E-state index contributed by atoms with van der Waals surface area (Å²) in [4.78, 5) is 6.53. The summed E-state index contributed by atoms with van der Waals surface area (Å²) in [5, 5.41) is 2.45. The maximum atomic E-state index is 7.39. The average Bonchev–Trinajstić information content (AvgIpc) is 3.82. The number of fused-ring (bicyclic) bond motifs is 7. The van der Waals surface area contributed by atoms with E-state index in [1.54, 1.807) is 0 Å². The summed E-state index contributed by atoms with van der Waals surface area (Å²) in [6, 6.07) is 40.1. The van der Waals surface area contributed by atoms with Gasteiger partial charge >= 0.3 is 0 Å². The molecule has 6 aromatic carbocycles. The first kappa shape index (κ1) is 42.4. The summed E-state index contributed by atoms with van der Waals surface area (Å²) >= 11 is 1.88. The number of aryl methyl sites for hydroxylation is 4. The largest absolute Gasteiger partial charge is 0.468 e. The predicted molar refractivity (Wildman–Crippen MR) is 280 cm³/mol. The van der Waals surface area contributed by atoms with Crippen LogP contribution in [0.5, 0.6) is 0 Å². The third-order valence-corrected chi connectivity index (χ3v) is 15.3. The zero-order chi connectivity index (χ0) is 45.5. The first-order valence-corrected chi connectivity index (χ1v) is 24.1. The van der Waals surface area contributed by atoms with Crippen molar-refractivity contribution < 1.29 is 4.42 Å². The first-order chi connectivity index (χ1) is 30.1. The van der Waals surface area contributed by atoms with Crippen LogP contribution < -0.4 is 26.4 Å². The first-order valence-electron chi connectivity index (χ1n) is 23.3. The van der Waals surface area contributed by atoms with Gasteiger partial charge in [-0.2, -0.15) is 0 Å². The highest BCUT2D eigenvalue weighted by molar-refractivity contribution is 7.22. The van der Waals surface area contributed by atoms with Gasteiger partial charge in [0.15, 0.2) is 0 Å². The molecule has 8 aromatic rings. The van der Waals surface area contributed by atoms with Crippen molar-refractivity contribution in [3.05, 3.63) is 148 Å². The molecule has 64 heavy (non-hydrogen) atoms. The van der Waals surface area contributed by atoms with E-state index in [-0.39, 0.29) is 23.0 Å². The summed E-state index contributed by atoms with van der Waals surface area (Å²) in [5.74, 6) is 0.292. The molecule has 5 heteroatoms. The average molecular weight is 859 g/mol. The van der Waals surface area contributed by atoms with Crippen molar-refractivity contribution in [3.63, 3.8) is 0 Å². The van der Waals surface area contributed by atoms with E-state index in [1.807, 2.05) is 11.3 Å². The fraction of sp³-hybridized carbons (Fsp3) is 0.322. The van der Waals surface area contributed by atoms with Crippen molar-refractivity contribution in [1.29, 1.82) is 0 Å². The minimum absolute atomic E-state index is 0.0179. The molecule has 2 aliphatic heterocycles. The standard InChI is InChI=1S/C59H63BN2OS/c1-33(2)40-29-47-52-48(30-40)62(54-36(5)26-43(27-37(54)6)59(13,14)15)55-44-32-41(57(7,8)9)21-23-49(44)63-56(55)60(52)45-22-20-39(51-31-38-18-16-17-19-50(38)64-51)28-46(45)61(47)53-34(3)24-42(25-35(53)4)58(10,11)12/h16-33H,1-15H3. The maximum Gasteiger partial charge on any atom is 0.297 e. The Morgan fingerprint density at radius 3 is 1.67 bits per heavy atom. The highest BCUT2D eigenvalue weighted by Crippen LogP contribution is 2.51. The highest BCUT2D eigenvalue weighted by atomic mass is 32.1. The van der Waals surface area contributed by atoms with Crippen molar-refractivity contribution >= 4 is 89.8 Å². The lowest BCUT2D eigenvalue weighted by Gasteiger charge is -2.44. The molecule has 0 aliphatic carbocycles. The fourth-order valence-corrected chi connectivity index (χ4v) is 11.6. The Morgan fingerprint density at radius 2 is 1.11 bits per heavy atom. The van der Waals surface area contributed by atoms with E-state index in [0.717, 1.165) is 16.9 Å². The molecule has 0 saturated heterocycles. The number of benzene rings is 6. The van der Waals surface area contributed by atoms with E-state index >= 15 is 0 Å². The van der Waals surface area contributed by atoms with Gasteiger partial charge in [-0.3, -0.25) is 0 Å². The van der Waals surface area contributed by atoms with Crippen molar-refractivity contribution in [2.24, 2.45) is 0 Å². The van der Waals surface area contributed by atoms with Crippen LogP contribution in [0.1, 0.15) is 127 Å². The molecule has 0 amide bonds. The third-order valence-electron chi connectivity index (χ3n) is 14.1. The van der Waals surface area contributed by atoms with Gasteiger partial charge < -0.3 is 14.2 Å². The molecule has 4 heterocycles. The SMILES string of the molecule is Cc1cc(C(C)(C)C)cc(C)c1N1c2cc(-c3cc4ccccc4s3)ccc2B2c3oc4ccc(C(C)(C)C)cc4c3N(c3c(C)cc(C(C)(C)C)cc3C)c3cc(C(C)C)cc1c32. The Hall–Kier alpha value is -5.52. The lowest BCUT2D eigenvalue weighted by atomic mass is 9.35. The second-order valence-corrected chi connectivity index (χ2v) is 23.4. The molecule has 0 N–H and O–H groups in total. The van der Waals surface area contributed by atoms with Gasteiger partial charge in [-0.1, -0.05) is 137 Å². The van der Waals surface area contributed by atoms with Gasteiger partial charge in [0.25, 0.3) is 6.71 Å². The Balaban J connectivity index is 1.35. The van der Waals surface area contributed by atoms with Gasteiger partial charge in [0.05, 0.1) is 22.7 Å². The zero-order valence-corrected chi connectivity index (χ0v) is 41.5. The maximum absolute atomic E-state index is 7.39. The number of nitrogens with zero attached hydrogens (tertiary/aromatic N) is 2. The van der Waals surface area contributed by atoms with Gasteiger partial charge in [0, 0.05) is 32.0 Å². The molecule has 0 atom stereocenters. The van der Waals surface area contributed by atoms with Gasteiger partial charge in [0.1, 0.15) is 5.58 Å². The number of hydrogen-bond donors (Lipinski definition) is 0. The molecule has 10 rings (SSSR count). The molecule has 0 spiro atoms. The van der Waals surface area contributed by atoms with Gasteiger partial charge in [0.2, 0.25) is 0 Å². The minimum Gasteiger partial charge on any atom is -0.468 e. The molecular formula is C59H63BN2OS. The number of furan rings is 1. The van der Waals surface area contributed by atoms with Crippen LogP contribution in [-0.4, -0.2) is 6.71 Å². The normalized spacial score (nSPS) is 13.9. The van der Waals surface area contributed by atoms with Crippen molar-refractivity contribution in [1.82, 2.24) is 0 Å². The Kier molecular flexibility index (Phi) is 9.61. The van der Waals surface area contributed by atoms with Crippen LogP contribution in [0.4, 0.5) is 34.1 Å². The van der Waals surface area contributed by atoms with Crippen LogP contribution >= 0.6 is 11.3 Å². The number of hydrogen-bond acceptors (Lipinski definition) is 4. The van der Waals surface area contributed by atoms with Crippen LogP contribution in [0.3, 0.4) is 0 Å². The number of anilines is 6. The van der Waals surface area contributed by atoms with Crippen LogP contribution in [0.15, 0.2) is 108 Å². The van der Waals surface area contributed by atoms with E-state index in [4.69, 9.17) is 4.42 Å². The van der Waals surface area contributed by atoms with Crippen LogP contribution in [0.2, 0.25) is 0 Å². The molecule has 0 unspecified atom stereocenters. The lowest BCUT2D eigenvalue weighted by Crippen LogP contribution is -2.61. The smallest absolute Gasteiger partial charge is 0.297 e. The van der Waals surface area contributed by atoms with Gasteiger partial charge in [-0.15, -0.1) is 11.3 Å². The fourth-order valence-electron chi connectivity index (χ4n) is 10.5. The monoisotopic (exact) mass is 858 g/mol. The summed E-state index contributed by atoms with van der Waals surface area (Å²) in [6.45, 7) is 34.7. The molecule has 0 fully saturated rings. The summed E-state index contributed by atoms with van der Waals surface area (Å²) < 4.78 is 8.70. The number of thiophene rings is 1.